The van der Waals surface area contributed by atoms with Crippen LogP contribution in [-0.2, 0) is 19.5 Å². The molecule has 0 amide bonds. The molecule has 5 rings (SSSR count). The van der Waals surface area contributed by atoms with Crippen LogP contribution in [0.1, 0.15) is 42.1 Å². The van der Waals surface area contributed by atoms with E-state index in [4.69, 9.17) is 15.1 Å². The lowest BCUT2D eigenvalue weighted by atomic mass is 10.0. The van der Waals surface area contributed by atoms with Gasteiger partial charge in [-0.15, -0.1) is 0 Å². The molecule has 1 aliphatic heterocycles. The number of hydrogen-bond acceptors (Lipinski definition) is 6. The SMILES string of the molecule is CC(C)c1ccc2occ(CN3CCc4nc(-c5ccc(N)cc5)ncc4C3)c(=O)c2c1. The van der Waals surface area contributed by atoms with Crippen LogP contribution in [-0.4, -0.2) is 21.4 Å². The van der Waals surface area contributed by atoms with E-state index in [1.165, 1.54) is 0 Å². The molecule has 6 heteroatoms. The smallest absolute Gasteiger partial charge is 0.197 e. The molecule has 0 bridgehead atoms. The van der Waals surface area contributed by atoms with Gasteiger partial charge < -0.3 is 10.2 Å². The summed E-state index contributed by atoms with van der Waals surface area (Å²) in [6.45, 7) is 6.33. The topological polar surface area (TPSA) is 85.2 Å². The summed E-state index contributed by atoms with van der Waals surface area (Å²) in [4.78, 5) is 24.7. The second-order valence-electron chi connectivity index (χ2n) is 8.75. The van der Waals surface area contributed by atoms with Crippen LogP contribution in [0.4, 0.5) is 5.69 Å². The van der Waals surface area contributed by atoms with Crippen molar-refractivity contribution in [2.24, 2.45) is 0 Å². The lowest BCUT2D eigenvalue weighted by Gasteiger charge is -2.27. The zero-order valence-corrected chi connectivity index (χ0v) is 18.3. The molecule has 0 radical (unpaired) electrons. The summed E-state index contributed by atoms with van der Waals surface area (Å²) in [5.74, 6) is 1.08. The average Bonchev–Trinajstić information content (AvgIpc) is 2.81. The number of aromatic nitrogens is 2. The van der Waals surface area contributed by atoms with E-state index in [1.807, 2.05) is 48.7 Å². The van der Waals surface area contributed by atoms with Gasteiger partial charge >= 0.3 is 0 Å². The monoisotopic (exact) mass is 426 g/mol. The minimum atomic E-state index is 0.0505. The molecule has 2 N–H and O–H groups in total. The van der Waals surface area contributed by atoms with Gasteiger partial charge in [-0.1, -0.05) is 19.9 Å². The van der Waals surface area contributed by atoms with Crippen molar-refractivity contribution in [2.45, 2.75) is 39.3 Å². The molecule has 0 unspecified atom stereocenters. The first-order valence-corrected chi connectivity index (χ1v) is 11.0. The molecule has 0 saturated carbocycles. The molecule has 1 aliphatic rings. The number of anilines is 1. The molecule has 6 nitrogen and oxygen atoms in total. The molecule has 0 spiro atoms. The Morgan fingerprint density at radius 1 is 1.16 bits per heavy atom. The van der Waals surface area contributed by atoms with Crippen LogP contribution < -0.4 is 11.2 Å². The molecule has 3 heterocycles. The van der Waals surface area contributed by atoms with Gasteiger partial charge in [0, 0.05) is 54.6 Å². The normalized spacial score (nSPS) is 14.1. The first-order valence-electron chi connectivity index (χ1n) is 11.0. The molecule has 0 saturated heterocycles. The van der Waals surface area contributed by atoms with Crippen molar-refractivity contribution in [3.05, 3.63) is 87.5 Å². The van der Waals surface area contributed by atoms with Crippen molar-refractivity contribution < 1.29 is 4.42 Å². The van der Waals surface area contributed by atoms with Crippen molar-refractivity contribution in [1.82, 2.24) is 14.9 Å². The molecular formula is C26H26N4O2. The Labute approximate surface area is 186 Å². The highest BCUT2D eigenvalue weighted by Gasteiger charge is 2.20. The lowest BCUT2D eigenvalue weighted by molar-refractivity contribution is 0.240. The predicted octanol–water partition coefficient (Wildman–Crippen LogP) is 4.51. The fraction of sp³-hybridized carbons (Fsp3) is 0.269. The average molecular weight is 427 g/mol. The van der Waals surface area contributed by atoms with Crippen LogP contribution in [0.25, 0.3) is 22.4 Å². The van der Waals surface area contributed by atoms with Crippen LogP contribution in [0, 0.1) is 0 Å². The Bertz CT molecular complexity index is 1340. The maximum Gasteiger partial charge on any atom is 0.197 e. The fourth-order valence-corrected chi connectivity index (χ4v) is 4.18. The van der Waals surface area contributed by atoms with Crippen molar-refractivity contribution in [1.29, 1.82) is 0 Å². The summed E-state index contributed by atoms with van der Waals surface area (Å²) >= 11 is 0. The van der Waals surface area contributed by atoms with Gasteiger partial charge in [-0.2, -0.15) is 0 Å². The molecule has 4 aromatic rings. The van der Waals surface area contributed by atoms with E-state index < -0.39 is 0 Å². The first-order chi connectivity index (χ1) is 15.5. The van der Waals surface area contributed by atoms with E-state index in [0.717, 1.165) is 41.0 Å². The molecule has 162 valence electrons. The number of fused-ring (bicyclic) bond motifs is 2. The summed E-state index contributed by atoms with van der Waals surface area (Å²) in [5, 5.41) is 0.655. The predicted molar refractivity (Wildman–Crippen MR) is 126 cm³/mol. The van der Waals surface area contributed by atoms with Crippen LogP contribution in [0.15, 0.2) is 64.1 Å². The van der Waals surface area contributed by atoms with Crippen molar-refractivity contribution in [2.75, 3.05) is 12.3 Å². The van der Waals surface area contributed by atoms with Crippen LogP contribution in [0.2, 0.25) is 0 Å². The molecule has 2 aromatic carbocycles. The van der Waals surface area contributed by atoms with Gasteiger partial charge in [0.2, 0.25) is 0 Å². The van der Waals surface area contributed by atoms with Gasteiger partial charge in [-0.05, 0) is 47.9 Å². The van der Waals surface area contributed by atoms with Crippen LogP contribution >= 0.6 is 0 Å². The van der Waals surface area contributed by atoms with Crippen molar-refractivity contribution >= 4 is 16.7 Å². The molecule has 2 aromatic heterocycles. The van der Waals surface area contributed by atoms with Crippen LogP contribution in [0.5, 0.6) is 0 Å². The number of benzene rings is 2. The standard InChI is InChI=1S/C26H26N4O2/c1-16(2)18-5-8-24-22(11-18)25(31)20(15-32-24)14-30-10-9-23-19(13-30)12-28-26(29-23)17-3-6-21(27)7-4-17/h3-8,11-12,15-16H,9-10,13-14,27H2,1-2H3. The summed E-state index contributed by atoms with van der Waals surface area (Å²) in [6, 6.07) is 13.5. The Kier molecular flexibility index (Phi) is 5.23. The highest BCUT2D eigenvalue weighted by molar-refractivity contribution is 5.77. The zero-order valence-electron chi connectivity index (χ0n) is 18.3. The highest BCUT2D eigenvalue weighted by atomic mass is 16.3. The summed E-state index contributed by atoms with van der Waals surface area (Å²) in [7, 11) is 0. The summed E-state index contributed by atoms with van der Waals surface area (Å²) < 4.78 is 5.78. The van der Waals surface area contributed by atoms with E-state index in [1.54, 1.807) is 6.26 Å². The van der Waals surface area contributed by atoms with Gasteiger partial charge in [-0.25, -0.2) is 9.97 Å². The minimum absolute atomic E-state index is 0.0505. The third-order valence-electron chi connectivity index (χ3n) is 6.11. The number of rotatable bonds is 4. The maximum atomic E-state index is 13.1. The molecular weight excluding hydrogens is 400 g/mol. The second kappa shape index (κ2) is 8.20. The zero-order chi connectivity index (χ0) is 22.2. The lowest BCUT2D eigenvalue weighted by Crippen LogP contribution is -2.32. The van der Waals surface area contributed by atoms with Gasteiger partial charge in [-0.3, -0.25) is 9.69 Å². The summed E-state index contributed by atoms with van der Waals surface area (Å²) in [6.07, 6.45) is 4.32. The molecule has 0 fully saturated rings. The van der Waals surface area contributed by atoms with E-state index in [9.17, 15) is 4.79 Å². The molecule has 0 atom stereocenters. The minimum Gasteiger partial charge on any atom is -0.464 e. The van der Waals surface area contributed by atoms with Gasteiger partial charge in [0.05, 0.1) is 17.3 Å². The van der Waals surface area contributed by atoms with Gasteiger partial charge in [0.1, 0.15) is 5.58 Å². The Morgan fingerprint density at radius 3 is 2.75 bits per heavy atom. The van der Waals surface area contributed by atoms with Crippen molar-refractivity contribution in [3.63, 3.8) is 0 Å². The second-order valence-corrected chi connectivity index (χ2v) is 8.75. The van der Waals surface area contributed by atoms with E-state index in [2.05, 4.69) is 23.7 Å². The largest absolute Gasteiger partial charge is 0.464 e. The maximum absolute atomic E-state index is 13.1. The quantitative estimate of drug-likeness (QED) is 0.483. The Hall–Kier alpha value is -3.51. The third-order valence-corrected chi connectivity index (χ3v) is 6.11. The van der Waals surface area contributed by atoms with E-state index in [-0.39, 0.29) is 5.43 Å². The number of nitrogen functional groups attached to an aromatic ring is 1. The van der Waals surface area contributed by atoms with Gasteiger partial charge in [0.25, 0.3) is 0 Å². The number of nitrogens with two attached hydrogens (primary N) is 1. The Morgan fingerprint density at radius 2 is 1.97 bits per heavy atom. The fourth-order valence-electron chi connectivity index (χ4n) is 4.18. The Balaban J connectivity index is 1.37. The first kappa shape index (κ1) is 20.4. The van der Waals surface area contributed by atoms with E-state index >= 15 is 0 Å². The van der Waals surface area contributed by atoms with Gasteiger partial charge in [0.15, 0.2) is 11.3 Å². The number of hydrogen-bond donors (Lipinski definition) is 1. The van der Waals surface area contributed by atoms with Crippen molar-refractivity contribution in [3.8, 4) is 11.4 Å². The highest BCUT2D eigenvalue weighted by Crippen LogP contribution is 2.24. The number of nitrogens with zero attached hydrogens (tertiary/aromatic N) is 3. The van der Waals surface area contributed by atoms with E-state index in [0.29, 0.717) is 41.4 Å². The third kappa shape index (κ3) is 3.89. The summed E-state index contributed by atoms with van der Waals surface area (Å²) in [5.41, 5.74) is 12.1. The molecule has 32 heavy (non-hydrogen) atoms. The van der Waals surface area contributed by atoms with Crippen LogP contribution in [0.3, 0.4) is 0 Å². The molecule has 0 aliphatic carbocycles.